The Morgan fingerprint density at radius 1 is 1.14 bits per heavy atom. The number of carbonyl (C=O) groups excluding carboxylic acids is 1. The summed E-state index contributed by atoms with van der Waals surface area (Å²) in [4.78, 5) is 12.9. The zero-order valence-corrected chi connectivity index (χ0v) is 17.7. The minimum absolute atomic E-state index is 0.109. The van der Waals surface area contributed by atoms with Gasteiger partial charge >= 0.3 is 0 Å². The van der Waals surface area contributed by atoms with Crippen LogP contribution in [0.1, 0.15) is 30.9 Å². The van der Waals surface area contributed by atoms with E-state index in [0.29, 0.717) is 32.5 Å². The van der Waals surface area contributed by atoms with Gasteiger partial charge in [0.15, 0.2) is 0 Å². The van der Waals surface area contributed by atoms with Crippen LogP contribution < -0.4 is 10.1 Å². The molecule has 1 fully saturated rings. The number of piperidine rings is 1. The van der Waals surface area contributed by atoms with E-state index < -0.39 is 10.0 Å². The molecule has 1 saturated heterocycles. The van der Waals surface area contributed by atoms with Gasteiger partial charge in [0.05, 0.1) is 17.4 Å². The summed E-state index contributed by atoms with van der Waals surface area (Å²) in [5, 5.41) is 2.94. The van der Waals surface area contributed by atoms with E-state index >= 15 is 0 Å². The zero-order valence-electron chi connectivity index (χ0n) is 16.9. The normalized spacial score (nSPS) is 17.7. The first-order valence-corrected chi connectivity index (χ1v) is 11.4. The number of ether oxygens (including phenoxy) is 1. The number of rotatable bonds is 7. The van der Waals surface area contributed by atoms with Crippen LogP contribution in [0.25, 0.3) is 0 Å². The lowest BCUT2D eigenvalue weighted by molar-refractivity contribution is -0.126. The second-order valence-electron chi connectivity index (χ2n) is 7.31. The quantitative estimate of drug-likeness (QED) is 0.753. The molecule has 29 heavy (non-hydrogen) atoms. The van der Waals surface area contributed by atoms with E-state index in [1.807, 2.05) is 38.1 Å². The molecule has 1 atom stereocenters. The van der Waals surface area contributed by atoms with Crippen LogP contribution in [0.2, 0.25) is 0 Å². The summed E-state index contributed by atoms with van der Waals surface area (Å²) < 4.78 is 32.7. The molecule has 0 spiro atoms. The third kappa shape index (κ3) is 5.36. The van der Waals surface area contributed by atoms with Gasteiger partial charge in [0.25, 0.3) is 0 Å². The molecule has 1 amide bonds. The molecule has 3 rings (SSSR count). The molecular weight excluding hydrogens is 388 g/mol. The Kier molecular flexibility index (Phi) is 6.92. The molecule has 2 aromatic carbocycles. The molecule has 0 aliphatic carbocycles. The maximum absolute atomic E-state index is 12.9. The Hall–Kier alpha value is -2.38. The summed E-state index contributed by atoms with van der Waals surface area (Å²) >= 11 is 0. The number of nitrogens with one attached hydrogen (secondary N) is 1. The fourth-order valence-electron chi connectivity index (χ4n) is 3.44. The molecule has 6 nitrogen and oxygen atoms in total. The van der Waals surface area contributed by atoms with E-state index in [9.17, 15) is 13.2 Å². The van der Waals surface area contributed by atoms with E-state index in [1.165, 1.54) is 4.31 Å². The molecule has 0 unspecified atom stereocenters. The van der Waals surface area contributed by atoms with Gasteiger partial charge in [0.1, 0.15) is 5.75 Å². The Labute approximate surface area is 172 Å². The molecule has 7 heteroatoms. The van der Waals surface area contributed by atoms with Gasteiger partial charge in [-0.1, -0.05) is 29.8 Å². The Balaban J connectivity index is 1.59. The topological polar surface area (TPSA) is 75.7 Å². The Bertz CT molecular complexity index is 924. The maximum atomic E-state index is 12.9. The van der Waals surface area contributed by atoms with Crippen molar-refractivity contribution in [2.75, 3.05) is 19.7 Å². The van der Waals surface area contributed by atoms with E-state index in [4.69, 9.17) is 4.74 Å². The molecule has 1 N–H and O–H groups in total. The summed E-state index contributed by atoms with van der Waals surface area (Å²) in [5.74, 6) is 0.348. The highest BCUT2D eigenvalue weighted by Gasteiger charge is 2.33. The highest BCUT2D eigenvalue weighted by atomic mass is 32.2. The lowest BCUT2D eigenvalue weighted by atomic mass is 9.99. The van der Waals surface area contributed by atoms with Crippen molar-refractivity contribution >= 4 is 15.9 Å². The maximum Gasteiger partial charge on any atom is 0.243 e. The molecule has 0 bridgehead atoms. The van der Waals surface area contributed by atoms with Crippen molar-refractivity contribution in [1.82, 2.24) is 9.62 Å². The van der Waals surface area contributed by atoms with Crippen LogP contribution >= 0.6 is 0 Å². The number of aryl methyl sites for hydroxylation is 1. The minimum atomic E-state index is -3.58. The average Bonchev–Trinajstić information content (AvgIpc) is 2.73. The van der Waals surface area contributed by atoms with Gasteiger partial charge in [-0.3, -0.25) is 4.79 Å². The minimum Gasteiger partial charge on any atom is -0.494 e. The highest BCUT2D eigenvalue weighted by Crippen LogP contribution is 2.24. The van der Waals surface area contributed by atoms with Crippen LogP contribution in [-0.4, -0.2) is 38.3 Å². The number of amides is 1. The van der Waals surface area contributed by atoms with Crippen molar-refractivity contribution in [2.45, 2.75) is 38.1 Å². The lowest BCUT2D eigenvalue weighted by Crippen LogP contribution is -2.45. The van der Waals surface area contributed by atoms with Crippen molar-refractivity contribution in [3.8, 4) is 5.75 Å². The van der Waals surface area contributed by atoms with E-state index in [-0.39, 0.29) is 23.3 Å². The molecule has 156 valence electrons. The van der Waals surface area contributed by atoms with Crippen LogP contribution in [0.4, 0.5) is 0 Å². The third-order valence-corrected chi connectivity index (χ3v) is 6.99. The number of hydrogen-bond acceptors (Lipinski definition) is 4. The first-order chi connectivity index (χ1) is 13.9. The monoisotopic (exact) mass is 416 g/mol. The first-order valence-electron chi connectivity index (χ1n) is 9.96. The molecule has 1 aliphatic heterocycles. The Morgan fingerprint density at radius 2 is 1.83 bits per heavy atom. The number of benzene rings is 2. The van der Waals surface area contributed by atoms with E-state index in [1.54, 1.807) is 24.3 Å². The van der Waals surface area contributed by atoms with Crippen LogP contribution in [0.3, 0.4) is 0 Å². The number of nitrogens with zero attached hydrogens (tertiary/aromatic N) is 1. The van der Waals surface area contributed by atoms with Gasteiger partial charge in [-0.25, -0.2) is 8.42 Å². The predicted molar refractivity (Wildman–Crippen MR) is 112 cm³/mol. The number of hydrogen-bond donors (Lipinski definition) is 1. The molecule has 0 aromatic heterocycles. The second-order valence-corrected chi connectivity index (χ2v) is 9.25. The first kappa shape index (κ1) is 21.3. The van der Waals surface area contributed by atoms with Gasteiger partial charge in [-0.15, -0.1) is 0 Å². The summed E-state index contributed by atoms with van der Waals surface area (Å²) in [5.41, 5.74) is 1.98. The van der Waals surface area contributed by atoms with Crippen LogP contribution in [-0.2, 0) is 21.4 Å². The summed E-state index contributed by atoms with van der Waals surface area (Å²) in [6, 6.07) is 14.4. The zero-order chi connectivity index (χ0) is 20.9. The van der Waals surface area contributed by atoms with Crippen molar-refractivity contribution in [2.24, 2.45) is 5.92 Å². The van der Waals surface area contributed by atoms with Gasteiger partial charge in [0, 0.05) is 19.6 Å². The average molecular weight is 417 g/mol. The molecule has 1 aliphatic rings. The molecule has 0 radical (unpaired) electrons. The van der Waals surface area contributed by atoms with Crippen molar-refractivity contribution < 1.29 is 17.9 Å². The molecular formula is C22H28N2O4S. The fourth-order valence-corrected chi connectivity index (χ4v) is 4.96. The molecule has 0 saturated carbocycles. The van der Waals surface area contributed by atoms with Crippen LogP contribution in [0, 0.1) is 12.8 Å². The Morgan fingerprint density at radius 3 is 2.48 bits per heavy atom. The fraction of sp³-hybridized carbons (Fsp3) is 0.409. The number of sulfonamides is 1. The standard InChI is InChI=1S/C22H28N2O4S/c1-3-28-20-10-8-18(9-11-20)15-23-22(25)19-5-4-14-24(16-19)29(26,27)21-12-6-17(2)7-13-21/h6-13,19H,3-5,14-16H2,1-2H3,(H,23,25)/t19-/m1/s1. The van der Waals surface area contributed by atoms with Crippen LogP contribution in [0.15, 0.2) is 53.4 Å². The van der Waals surface area contributed by atoms with E-state index in [2.05, 4.69) is 5.32 Å². The third-order valence-electron chi connectivity index (χ3n) is 5.11. The smallest absolute Gasteiger partial charge is 0.243 e. The summed E-state index contributed by atoms with van der Waals surface area (Å²) in [6.45, 7) is 5.53. The molecule has 1 heterocycles. The lowest BCUT2D eigenvalue weighted by Gasteiger charge is -2.31. The highest BCUT2D eigenvalue weighted by molar-refractivity contribution is 7.89. The summed E-state index contributed by atoms with van der Waals surface area (Å²) in [6.07, 6.45) is 1.36. The van der Waals surface area contributed by atoms with Crippen LogP contribution in [0.5, 0.6) is 5.75 Å². The van der Waals surface area contributed by atoms with Gasteiger partial charge < -0.3 is 10.1 Å². The predicted octanol–water partition coefficient (Wildman–Crippen LogP) is 3.11. The van der Waals surface area contributed by atoms with Gasteiger partial charge in [-0.2, -0.15) is 4.31 Å². The summed E-state index contributed by atoms with van der Waals surface area (Å²) in [7, 11) is -3.58. The number of carbonyl (C=O) groups is 1. The largest absolute Gasteiger partial charge is 0.494 e. The SMILES string of the molecule is CCOc1ccc(CNC(=O)[C@@H]2CCCN(S(=O)(=O)c3ccc(C)cc3)C2)cc1. The van der Waals surface area contributed by atoms with Gasteiger partial charge in [-0.05, 0) is 56.5 Å². The molecule has 2 aromatic rings. The van der Waals surface area contributed by atoms with Crippen molar-refractivity contribution in [3.63, 3.8) is 0 Å². The van der Waals surface area contributed by atoms with Gasteiger partial charge in [0.2, 0.25) is 15.9 Å². The second kappa shape index (κ2) is 9.41. The van der Waals surface area contributed by atoms with E-state index in [0.717, 1.165) is 16.9 Å². The van der Waals surface area contributed by atoms with Crippen molar-refractivity contribution in [3.05, 3.63) is 59.7 Å². The van der Waals surface area contributed by atoms with Crippen molar-refractivity contribution in [1.29, 1.82) is 0 Å².